The number of carbonyl (C=O) groups is 2. The molecule has 5 heteroatoms. The fourth-order valence-corrected chi connectivity index (χ4v) is 0.992. The second kappa shape index (κ2) is 12.2. The quantitative estimate of drug-likeness (QED) is 0.670. The number of nitrogens with one attached hydrogen (secondary N) is 1. The maximum Gasteiger partial charge on any atom is 1.00 e. The predicted octanol–water partition coefficient (Wildman–Crippen LogP) is -1.11. The van der Waals surface area contributed by atoms with Gasteiger partial charge in [0.25, 0.3) is 0 Å². The van der Waals surface area contributed by atoms with Crippen LogP contribution < -0.4 is 63.5 Å². The van der Waals surface area contributed by atoms with Crippen LogP contribution in [0.2, 0.25) is 0 Å². The molecule has 0 aromatic carbocycles. The summed E-state index contributed by atoms with van der Waals surface area (Å²) in [4.78, 5) is 21.3. The van der Waals surface area contributed by atoms with E-state index >= 15 is 0 Å². The summed E-state index contributed by atoms with van der Waals surface area (Å²) in [5.74, 6) is 0.0394. The van der Waals surface area contributed by atoms with Gasteiger partial charge >= 0.3 is 58.2 Å². The minimum absolute atomic E-state index is 0. The number of carbonyl (C=O) groups excluding carboxylic acids is 2. The van der Waals surface area contributed by atoms with E-state index in [-0.39, 0.29) is 69.9 Å². The van der Waals surface area contributed by atoms with E-state index in [9.17, 15) is 9.59 Å². The first kappa shape index (κ1) is 20.6. The van der Waals surface area contributed by atoms with E-state index < -0.39 is 11.3 Å². The average Bonchev–Trinajstić information content (AvgIpc) is 2.03. The van der Waals surface area contributed by atoms with Crippen LogP contribution >= 0.6 is 0 Å². The Morgan fingerprint density at radius 1 is 1.21 bits per heavy atom. The van der Waals surface area contributed by atoms with Crippen molar-refractivity contribution in [3.8, 4) is 0 Å². The fraction of sp³-hybridized carbons (Fsp3) is 0.778. The third-order valence-electron chi connectivity index (χ3n) is 1.38. The van der Waals surface area contributed by atoms with Gasteiger partial charge in [-0.1, -0.05) is 27.7 Å². The molecule has 1 N–H and O–H groups in total. The molecule has 1 amide bonds. The van der Waals surface area contributed by atoms with Crippen LogP contribution in [0.5, 0.6) is 0 Å². The maximum atomic E-state index is 10.9. The number of rotatable bonds is 3. The number of amides is 1. The number of hydrogen-bond donors (Lipinski definition) is 1. The van der Waals surface area contributed by atoms with E-state index in [1.54, 1.807) is 0 Å². The summed E-state index contributed by atoms with van der Waals surface area (Å²) in [6.45, 7) is 9.16. The van der Waals surface area contributed by atoms with Crippen molar-refractivity contribution in [3.05, 3.63) is 0 Å². The summed E-state index contributed by atoms with van der Waals surface area (Å²) >= 11 is 4.29. The zero-order valence-corrected chi connectivity index (χ0v) is 15.6. The maximum absolute atomic E-state index is 10.9. The van der Waals surface area contributed by atoms with Gasteiger partial charge in [-0.3, -0.25) is 4.79 Å². The van der Waals surface area contributed by atoms with Gasteiger partial charge < -0.3 is 22.7 Å². The Balaban J connectivity index is -0.000000376. The molecule has 0 aliphatic rings. The predicted molar refractivity (Wildman–Crippen MR) is 56.6 cm³/mol. The first-order chi connectivity index (χ1) is 5.95. The molecule has 0 aromatic rings. The molecular weight excluding hydrogens is 272 g/mol. The molecule has 14 heavy (non-hydrogen) atoms. The summed E-state index contributed by atoms with van der Waals surface area (Å²) < 4.78 is 0. The van der Waals surface area contributed by atoms with Gasteiger partial charge in [0.15, 0.2) is 5.78 Å². The van der Waals surface area contributed by atoms with E-state index in [0.717, 1.165) is 0 Å². The molecular formula is C9H18NO2RbS. The van der Waals surface area contributed by atoms with Crippen molar-refractivity contribution >= 4 is 23.7 Å². The summed E-state index contributed by atoms with van der Waals surface area (Å²) in [6.07, 6.45) is 0. The molecule has 0 radical (unpaired) electrons. The SMILES string of the molecule is CC.CC(=O)C(NC(=O)[S-])C(C)C.[Rb+]. The van der Waals surface area contributed by atoms with Gasteiger partial charge in [-0.2, -0.15) is 0 Å². The van der Waals surface area contributed by atoms with Crippen LogP contribution in [-0.2, 0) is 17.4 Å². The van der Waals surface area contributed by atoms with Gasteiger partial charge in [0.05, 0.1) is 11.3 Å². The van der Waals surface area contributed by atoms with Crippen molar-refractivity contribution in [1.29, 1.82) is 0 Å². The van der Waals surface area contributed by atoms with E-state index in [0.29, 0.717) is 0 Å². The molecule has 0 fully saturated rings. The van der Waals surface area contributed by atoms with Gasteiger partial charge in [-0.05, 0) is 12.8 Å². The Morgan fingerprint density at radius 3 is 1.64 bits per heavy atom. The summed E-state index contributed by atoms with van der Waals surface area (Å²) in [7, 11) is 0. The van der Waals surface area contributed by atoms with Crippen molar-refractivity contribution in [2.75, 3.05) is 0 Å². The van der Waals surface area contributed by atoms with E-state index in [2.05, 4.69) is 17.9 Å². The zero-order valence-electron chi connectivity index (χ0n) is 9.88. The molecule has 78 valence electrons. The van der Waals surface area contributed by atoms with Crippen LogP contribution in [0.4, 0.5) is 4.79 Å². The van der Waals surface area contributed by atoms with Crippen LogP contribution in [0.1, 0.15) is 34.6 Å². The molecule has 0 rings (SSSR count). The molecule has 0 bridgehead atoms. The molecule has 3 nitrogen and oxygen atoms in total. The third-order valence-corrected chi connectivity index (χ3v) is 1.50. The molecule has 0 aromatic heterocycles. The van der Waals surface area contributed by atoms with Crippen molar-refractivity contribution in [2.24, 2.45) is 5.92 Å². The average molecular weight is 290 g/mol. The third kappa shape index (κ3) is 11.2. The van der Waals surface area contributed by atoms with Gasteiger partial charge in [0, 0.05) is 0 Å². The monoisotopic (exact) mass is 289 g/mol. The topological polar surface area (TPSA) is 46.2 Å². The van der Waals surface area contributed by atoms with Crippen LogP contribution in [0.15, 0.2) is 0 Å². The number of ketones is 1. The van der Waals surface area contributed by atoms with Crippen LogP contribution in [0.25, 0.3) is 0 Å². The summed E-state index contributed by atoms with van der Waals surface area (Å²) in [5.41, 5.74) is 0. The van der Waals surface area contributed by atoms with Crippen molar-refractivity contribution < 1.29 is 67.8 Å². The normalized spacial score (nSPS) is 10.4. The Bertz CT molecular complexity index is 174. The smallest absolute Gasteiger partial charge is 0.719 e. The first-order valence-electron chi connectivity index (χ1n) is 4.43. The second-order valence-corrected chi connectivity index (χ2v) is 3.13. The van der Waals surface area contributed by atoms with Crippen LogP contribution in [0.3, 0.4) is 0 Å². The van der Waals surface area contributed by atoms with E-state index in [1.807, 2.05) is 27.7 Å². The minimum Gasteiger partial charge on any atom is -0.719 e. The Kier molecular flexibility index (Phi) is 18.0. The zero-order chi connectivity index (χ0) is 11.0. The van der Waals surface area contributed by atoms with Crippen molar-refractivity contribution in [3.63, 3.8) is 0 Å². The molecule has 0 heterocycles. The Morgan fingerprint density at radius 2 is 1.57 bits per heavy atom. The fourth-order valence-electron chi connectivity index (χ4n) is 0.865. The molecule has 1 atom stereocenters. The number of Topliss-reactive ketones (excluding diaryl/α,β-unsaturated/α-hetero) is 1. The van der Waals surface area contributed by atoms with Crippen LogP contribution in [-0.4, -0.2) is 17.1 Å². The molecule has 1 unspecified atom stereocenters. The Hall–Kier alpha value is 1.17. The van der Waals surface area contributed by atoms with Gasteiger partial charge in [0.2, 0.25) is 0 Å². The van der Waals surface area contributed by atoms with Gasteiger partial charge in [0.1, 0.15) is 0 Å². The van der Waals surface area contributed by atoms with Gasteiger partial charge in [-0.25, -0.2) is 0 Å². The van der Waals surface area contributed by atoms with E-state index in [1.165, 1.54) is 6.92 Å². The van der Waals surface area contributed by atoms with E-state index in [4.69, 9.17) is 0 Å². The van der Waals surface area contributed by atoms with Crippen LogP contribution in [0, 0.1) is 5.92 Å². The molecule has 0 saturated carbocycles. The molecule has 0 aliphatic heterocycles. The first-order valence-corrected chi connectivity index (χ1v) is 4.84. The number of hydrogen-bond acceptors (Lipinski definition) is 3. The van der Waals surface area contributed by atoms with Crippen molar-refractivity contribution in [1.82, 2.24) is 5.32 Å². The Labute approximate surface area is 141 Å². The molecule has 0 saturated heterocycles. The second-order valence-electron chi connectivity index (χ2n) is 2.76. The van der Waals surface area contributed by atoms with Crippen molar-refractivity contribution in [2.45, 2.75) is 40.7 Å². The minimum atomic E-state index is -0.570. The summed E-state index contributed by atoms with van der Waals surface area (Å²) in [5, 5.41) is 1.83. The standard InChI is InChI=1S/C7H13NO2S.C2H6.Rb/c1-4(2)6(5(3)9)8-7(10)11;1-2;/h4,6H,1-3H3,(H2,8,10,11);1-2H3;/q;;+1/p-1. The molecule has 0 aliphatic carbocycles. The largest absolute Gasteiger partial charge is 1.00 e. The molecule has 0 spiro atoms. The van der Waals surface area contributed by atoms with Gasteiger partial charge in [-0.15, -0.1) is 0 Å². The summed E-state index contributed by atoms with van der Waals surface area (Å²) in [6, 6.07) is -0.431.